The van der Waals surface area contributed by atoms with Crippen molar-refractivity contribution in [3.63, 3.8) is 0 Å². The number of hydrogen-bond acceptors (Lipinski definition) is 3. The molecule has 19 heavy (non-hydrogen) atoms. The third-order valence-corrected chi connectivity index (χ3v) is 4.82. The second-order valence-corrected chi connectivity index (χ2v) is 6.37. The smallest absolute Gasteiger partial charge is 0.231 e. The van der Waals surface area contributed by atoms with Gasteiger partial charge in [0.15, 0.2) is 0 Å². The second kappa shape index (κ2) is 7.25. The normalized spacial score (nSPS) is 25.3. The van der Waals surface area contributed by atoms with E-state index in [2.05, 4.69) is 17.1 Å². The molecule has 0 bridgehead atoms. The average Bonchev–Trinajstić information content (AvgIpc) is 2.41. The van der Waals surface area contributed by atoms with Crippen LogP contribution in [0, 0.1) is 5.92 Å². The van der Waals surface area contributed by atoms with Crippen molar-refractivity contribution in [3.8, 4) is 0 Å². The van der Waals surface area contributed by atoms with Gasteiger partial charge in [0.05, 0.1) is 6.54 Å². The van der Waals surface area contributed by atoms with E-state index in [0.717, 1.165) is 31.8 Å². The predicted molar refractivity (Wildman–Crippen MR) is 77.8 cm³/mol. The van der Waals surface area contributed by atoms with Crippen LogP contribution in [0.4, 0.5) is 0 Å². The van der Waals surface area contributed by atoms with Crippen molar-refractivity contribution < 1.29 is 4.79 Å². The first kappa shape index (κ1) is 14.8. The molecule has 4 nitrogen and oxygen atoms in total. The third-order valence-electron chi connectivity index (χ3n) is 4.82. The number of carbonyl (C=O) groups is 1. The van der Waals surface area contributed by atoms with Crippen molar-refractivity contribution >= 4 is 5.91 Å². The van der Waals surface area contributed by atoms with Crippen LogP contribution in [0.25, 0.3) is 0 Å². The van der Waals surface area contributed by atoms with Gasteiger partial charge in [-0.1, -0.05) is 19.3 Å². The van der Waals surface area contributed by atoms with E-state index in [9.17, 15) is 4.79 Å². The number of nitrogens with two attached hydrogens (primary N) is 1. The Balaban J connectivity index is 1.68. The van der Waals surface area contributed by atoms with Crippen LogP contribution < -0.4 is 11.1 Å². The Kier molecular flexibility index (Phi) is 5.64. The summed E-state index contributed by atoms with van der Waals surface area (Å²) in [4.78, 5) is 13.1. The highest BCUT2D eigenvalue weighted by Crippen LogP contribution is 2.27. The quantitative estimate of drug-likeness (QED) is 0.793. The summed E-state index contributed by atoms with van der Waals surface area (Å²) in [5.41, 5.74) is 5.24. The summed E-state index contributed by atoms with van der Waals surface area (Å²) in [5.74, 6) is 0.666. The molecule has 0 radical (unpaired) electrons. The van der Waals surface area contributed by atoms with Gasteiger partial charge in [-0.3, -0.25) is 9.69 Å². The maximum atomic E-state index is 10.9. The number of piperidine rings is 1. The number of primary amides is 1. The molecule has 1 saturated heterocycles. The molecule has 0 aromatic carbocycles. The molecule has 2 rings (SSSR count). The Morgan fingerprint density at radius 3 is 2.42 bits per heavy atom. The molecule has 2 fully saturated rings. The molecule has 1 aliphatic heterocycles. The molecule has 0 aromatic rings. The molecule has 2 aliphatic rings. The molecule has 4 heteroatoms. The topological polar surface area (TPSA) is 58.4 Å². The first-order chi connectivity index (χ1) is 9.15. The lowest BCUT2D eigenvalue weighted by atomic mass is 9.84. The number of rotatable bonds is 5. The lowest BCUT2D eigenvalue weighted by Gasteiger charge is -2.36. The maximum absolute atomic E-state index is 10.9. The van der Waals surface area contributed by atoms with E-state index in [1.54, 1.807) is 0 Å². The van der Waals surface area contributed by atoms with Gasteiger partial charge in [0.25, 0.3) is 0 Å². The lowest BCUT2D eigenvalue weighted by Crippen LogP contribution is -2.49. The minimum absolute atomic E-state index is 0.206. The van der Waals surface area contributed by atoms with Crippen molar-refractivity contribution in [2.24, 2.45) is 11.7 Å². The highest BCUT2D eigenvalue weighted by molar-refractivity contribution is 5.75. The highest BCUT2D eigenvalue weighted by atomic mass is 16.1. The summed E-state index contributed by atoms with van der Waals surface area (Å²) in [7, 11) is 0. The fraction of sp³-hybridized carbons (Fsp3) is 0.933. The molecule has 110 valence electrons. The molecular formula is C15H29N3O. The first-order valence-corrected chi connectivity index (χ1v) is 7.92. The standard InChI is InChI=1S/C15H29N3O/c1-12(13-5-3-2-4-6-13)17-14-7-9-18(10-8-14)11-15(16)19/h12-14,17H,2-11H2,1H3,(H2,16,19). The predicted octanol–water partition coefficient (Wildman–Crippen LogP) is 1.49. The molecule has 1 amide bonds. The van der Waals surface area contributed by atoms with Gasteiger partial charge < -0.3 is 11.1 Å². The molecule has 0 aromatic heterocycles. The molecule has 1 aliphatic carbocycles. The molecule has 1 saturated carbocycles. The summed E-state index contributed by atoms with van der Waals surface area (Å²) in [5, 5.41) is 3.82. The van der Waals surface area contributed by atoms with Crippen molar-refractivity contribution in [2.75, 3.05) is 19.6 Å². The number of nitrogens with one attached hydrogen (secondary N) is 1. The number of amides is 1. The van der Waals surface area contributed by atoms with Gasteiger partial charge in [0, 0.05) is 25.2 Å². The van der Waals surface area contributed by atoms with E-state index >= 15 is 0 Å². The fourth-order valence-electron chi connectivity index (χ4n) is 3.62. The molecule has 0 spiro atoms. The van der Waals surface area contributed by atoms with Crippen LogP contribution in [0.2, 0.25) is 0 Å². The number of hydrogen-bond donors (Lipinski definition) is 2. The first-order valence-electron chi connectivity index (χ1n) is 7.92. The van der Waals surface area contributed by atoms with Gasteiger partial charge in [-0.2, -0.15) is 0 Å². The van der Waals surface area contributed by atoms with Crippen molar-refractivity contribution in [2.45, 2.75) is 64.0 Å². The summed E-state index contributed by atoms with van der Waals surface area (Å²) in [6.45, 7) is 4.77. The van der Waals surface area contributed by atoms with Crippen molar-refractivity contribution in [3.05, 3.63) is 0 Å². The average molecular weight is 267 g/mol. The van der Waals surface area contributed by atoms with Crippen LogP contribution in [-0.4, -0.2) is 42.5 Å². The monoisotopic (exact) mass is 267 g/mol. The minimum atomic E-state index is -0.206. The van der Waals surface area contributed by atoms with Gasteiger partial charge in [-0.15, -0.1) is 0 Å². The zero-order valence-corrected chi connectivity index (χ0v) is 12.2. The lowest BCUT2D eigenvalue weighted by molar-refractivity contribution is -0.119. The van der Waals surface area contributed by atoms with Gasteiger partial charge in [0.2, 0.25) is 5.91 Å². The van der Waals surface area contributed by atoms with E-state index < -0.39 is 0 Å². The van der Waals surface area contributed by atoms with Crippen molar-refractivity contribution in [1.82, 2.24) is 10.2 Å². The largest absolute Gasteiger partial charge is 0.369 e. The number of likely N-dealkylation sites (tertiary alicyclic amines) is 1. The molecule has 3 N–H and O–H groups in total. The Morgan fingerprint density at radius 1 is 1.21 bits per heavy atom. The van der Waals surface area contributed by atoms with E-state index in [1.807, 2.05) is 0 Å². The minimum Gasteiger partial charge on any atom is -0.369 e. The summed E-state index contributed by atoms with van der Waals surface area (Å²) in [6.07, 6.45) is 9.33. The van der Waals surface area contributed by atoms with E-state index in [0.29, 0.717) is 18.6 Å². The molecule has 1 unspecified atom stereocenters. The Morgan fingerprint density at radius 2 is 1.84 bits per heavy atom. The fourth-order valence-corrected chi connectivity index (χ4v) is 3.62. The summed E-state index contributed by atoms with van der Waals surface area (Å²) >= 11 is 0. The van der Waals surface area contributed by atoms with E-state index in [4.69, 9.17) is 5.73 Å². The summed E-state index contributed by atoms with van der Waals surface area (Å²) in [6, 6.07) is 1.27. The SMILES string of the molecule is CC(NC1CCN(CC(N)=O)CC1)C1CCCCC1. The zero-order valence-electron chi connectivity index (χ0n) is 12.2. The number of nitrogens with zero attached hydrogens (tertiary/aromatic N) is 1. The molecular weight excluding hydrogens is 238 g/mol. The summed E-state index contributed by atoms with van der Waals surface area (Å²) < 4.78 is 0. The Hall–Kier alpha value is -0.610. The van der Waals surface area contributed by atoms with Crippen LogP contribution in [-0.2, 0) is 4.79 Å². The van der Waals surface area contributed by atoms with Crippen LogP contribution in [0.5, 0.6) is 0 Å². The van der Waals surface area contributed by atoms with Gasteiger partial charge in [-0.25, -0.2) is 0 Å². The maximum Gasteiger partial charge on any atom is 0.231 e. The highest BCUT2D eigenvalue weighted by Gasteiger charge is 2.25. The van der Waals surface area contributed by atoms with Crippen LogP contribution >= 0.6 is 0 Å². The van der Waals surface area contributed by atoms with Crippen molar-refractivity contribution in [1.29, 1.82) is 0 Å². The number of carbonyl (C=O) groups excluding carboxylic acids is 1. The Labute approximate surface area is 117 Å². The van der Waals surface area contributed by atoms with E-state index in [-0.39, 0.29) is 5.91 Å². The van der Waals surface area contributed by atoms with Crippen LogP contribution in [0.15, 0.2) is 0 Å². The Bertz CT molecular complexity index is 281. The van der Waals surface area contributed by atoms with Gasteiger partial charge in [0.1, 0.15) is 0 Å². The molecule has 1 atom stereocenters. The van der Waals surface area contributed by atoms with Gasteiger partial charge in [-0.05, 0) is 38.5 Å². The van der Waals surface area contributed by atoms with Gasteiger partial charge >= 0.3 is 0 Å². The molecule has 1 heterocycles. The third kappa shape index (κ3) is 4.77. The van der Waals surface area contributed by atoms with Crippen LogP contribution in [0.1, 0.15) is 51.9 Å². The zero-order chi connectivity index (χ0) is 13.7. The second-order valence-electron chi connectivity index (χ2n) is 6.37. The van der Waals surface area contributed by atoms with E-state index in [1.165, 1.54) is 32.1 Å². The van der Waals surface area contributed by atoms with Crippen LogP contribution in [0.3, 0.4) is 0 Å².